The number of rotatable bonds is 10. The van der Waals surface area contributed by atoms with E-state index in [9.17, 15) is 0 Å². The zero-order valence-corrected chi connectivity index (χ0v) is 11.6. The van der Waals surface area contributed by atoms with Crippen LogP contribution in [0.4, 0.5) is 0 Å². The quantitative estimate of drug-likeness (QED) is 0.634. The van der Waals surface area contributed by atoms with E-state index in [4.69, 9.17) is 4.74 Å². The summed E-state index contributed by atoms with van der Waals surface area (Å²) in [6, 6.07) is 6.08. The van der Waals surface area contributed by atoms with Crippen molar-refractivity contribution in [2.45, 2.75) is 12.8 Å². The molecule has 0 saturated carbocycles. The lowest BCUT2D eigenvalue weighted by Crippen LogP contribution is -2.31. The molecular formula is C14H25N3O. The molecule has 0 amide bonds. The summed E-state index contributed by atoms with van der Waals surface area (Å²) in [6.07, 6.45) is 3.95. The van der Waals surface area contributed by atoms with Crippen LogP contribution in [0.25, 0.3) is 0 Å². The van der Waals surface area contributed by atoms with Crippen molar-refractivity contribution in [3.8, 4) is 0 Å². The number of nitrogens with zero attached hydrogens (tertiary/aromatic N) is 2. The van der Waals surface area contributed by atoms with E-state index in [1.54, 1.807) is 7.11 Å². The number of aromatic nitrogens is 1. The van der Waals surface area contributed by atoms with Gasteiger partial charge in [-0.15, -0.1) is 0 Å². The zero-order chi connectivity index (χ0) is 13.1. The summed E-state index contributed by atoms with van der Waals surface area (Å²) < 4.78 is 5.00. The fraction of sp³-hybridized carbons (Fsp3) is 0.643. The van der Waals surface area contributed by atoms with Crippen LogP contribution < -0.4 is 5.32 Å². The van der Waals surface area contributed by atoms with Gasteiger partial charge in [-0.3, -0.25) is 4.98 Å². The van der Waals surface area contributed by atoms with Crippen molar-refractivity contribution in [1.82, 2.24) is 15.2 Å². The molecule has 0 saturated heterocycles. The van der Waals surface area contributed by atoms with E-state index in [2.05, 4.69) is 28.3 Å². The van der Waals surface area contributed by atoms with Crippen LogP contribution in [0.2, 0.25) is 0 Å². The van der Waals surface area contributed by atoms with Gasteiger partial charge >= 0.3 is 0 Å². The summed E-state index contributed by atoms with van der Waals surface area (Å²) in [6.45, 7) is 5.02. The van der Waals surface area contributed by atoms with E-state index in [-0.39, 0.29) is 0 Å². The normalized spacial score (nSPS) is 11.1. The Morgan fingerprint density at radius 3 is 2.89 bits per heavy atom. The molecule has 1 heterocycles. The van der Waals surface area contributed by atoms with Gasteiger partial charge in [0.1, 0.15) is 0 Å². The highest BCUT2D eigenvalue weighted by Crippen LogP contribution is 1.95. The van der Waals surface area contributed by atoms with E-state index >= 15 is 0 Å². The molecular weight excluding hydrogens is 226 g/mol. The molecule has 1 aromatic heterocycles. The molecule has 0 aliphatic rings. The number of nitrogens with one attached hydrogen (secondary N) is 1. The molecule has 18 heavy (non-hydrogen) atoms. The summed E-state index contributed by atoms with van der Waals surface area (Å²) >= 11 is 0. The van der Waals surface area contributed by atoms with E-state index in [0.29, 0.717) is 0 Å². The van der Waals surface area contributed by atoms with Crippen molar-refractivity contribution < 1.29 is 4.74 Å². The minimum Gasteiger partial charge on any atom is -0.385 e. The Morgan fingerprint density at radius 1 is 1.28 bits per heavy atom. The van der Waals surface area contributed by atoms with Gasteiger partial charge in [0.05, 0.1) is 0 Å². The van der Waals surface area contributed by atoms with Crippen LogP contribution >= 0.6 is 0 Å². The molecule has 4 heteroatoms. The summed E-state index contributed by atoms with van der Waals surface area (Å²) in [5.74, 6) is 0. The van der Waals surface area contributed by atoms with Gasteiger partial charge in [0.25, 0.3) is 0 Å². The second kappa shape index (κ2) is 10.00. The molecule has 0 aromatic carbocycles. The van der Waals surface area contributed by atoms with E-state index < -0.39 is 0 Å². The second-order valence-electron chi connectivity index (χ2n) is 4.47. The maximum atomic E-state index is 5.00. The Labute approximate surface area is 110 Å². The number of hydrogen-bond donors (Lipinski definition) is 1. The maximum absolute atomic E-state index is 5.00. The lowest BCUT2D eigenvalue weighted by Gasteiger charge is -2.16. The summed E-state index contributed by atoms with van der Waals surface area (Å²) in [5.41, 5.74) is 1.16. The Kier molecular flexibility index (Phi) is 8.38. The van der Waals surface area contributed by atoms with Crippen LogP contribution in [0.15, 0.2) is 24.4 Å². The molecule has 0 aliphatic heterocycles. The maximum Gasteiger partial charge on any atom is 0.0474 e. The summed E-state index contributed by atoms with van der Waals surface area (Å²) in [7, 11) is 3.89. The van der Waals surface area contributed by atoms with Crippen molar-refractivity contribution in [3.63, 3.8) is 0 Å². The number of methoxy groups -OCH3 is 1. The van der Waals surface area contributed by atoms with Crippen LogP contribution in [0.5, 0.6) is 0 Å². The summed E-state index contributed by atoms with van der Waals surface area (Å²) in [4.78, 5) is 6.66. The molecule has 0 atom stereocenters. The molecule has 1 aromatic rings. The number of hydrogen-bond acceptors (Lipinski definition) is 4. The zero-order valence-electron chi connectivity index (χ0n) is 11.6. The predicted octanol–water partition coefficient (Wildman–Crippen LogP) is 1.18. The van der Waals surface area contributed by atoms with Crippen LogP contribution in [0.3, 0.4) is 0 Å². The van der Waals surface area contributed by atoms with Gasteiger partial charge in [-0.1, -0.05) is 6.07 Å². The fourth-order valence-electron chi connectivity index (χ4n) is 1.70. The van der Waals surface area contributed by atoms with Crippen molar-refractivity contribution in [2.75, 3.05) is 46.9 Å². The first-order valence-electron chi connectivity index (χ1n) is 6.61. The van der Waals surface area contributed by atoms with Crippen molar-refractivity contribution in [3.05, 3.63) is 30.1 Å². The first-order chi connectivity index (χ1) is 8.83. The van der Waals surface area contributed by atoms with Gasteiger partial charge in [-0.2, -0.15) is 0 Å². The third-order valence-electron chi connectivity index (χ3n) is 2.85. The standard InChI is InChI=1S/C14H25N3O/c1-17(12-10-15-8-5-13-18-2)11-7-14-6-3-4-9-16-14/h3-4,6,9,15H,5,7-8,10-13H2,1-2H3. The van der Waals surface area contributed by atoms with Gasteiger partial charge in [-0.25, -0.2) is 0 Å². The van der Waals surface area contributed by atoms with Crippen molar-refractivity contribution in [2.24, 2.45) is 0 Å². The Bertz CT molecular complexity index is 292. The third-order valence-corrected chi connectivity index (χ3v) is 2.85. The molecule has 0 radical (unpaired) electrons. The summed E-state index contributed by atoms with van der Waals surface area (Å²) in [5, 5.41) is 3.41. The number of pyridine rings is 1. The average molecular weight is 251 g/mol. The Hall–Kier alpha value is -0.970. The molecule has 1 N–H and O–H groups in total. The monoisotopic (exact) mass is 251 g/mol. The molecule has 0 bridgehead atoms. The smallest absolute Gasteiger partial charge is 0.0474 e. The Morgan fingerprint density at radius 2 is 2.17 bits per heavy atom. The van der Waals surface area contributed by atoms with Crippen molar-refractivity contribution >= 4 is 0 Å². The van der Waals surface area contributed by atoms with Crippen LogP contribution in [-0.2, 0) is 11.2 Å². The number of ether oxygens (including phenoxy) is 1. The molecule has 4 nitrogen and oxygen atoms in total. The molecule has 0 aliphatic carbocycles. The largest absolute Gasteiger partial charge is 0.385 e. The lowest BCUT2D eigenvalue weighted by molar-refractivity contribution is 0.194. The first-order valence-corrected chi connectivity index (χ1v) is 6.61. The molecule has 1 rings (SSSR count). The molecule has 0 unspecified atom stereocenters. The minimum atomic E-state index is 0.836. The van der Waals surface area contributed by atoms with Gasteiger partial charge in [0, 0.05) is 51.7 Å². The Balaban J connectivity index is 1.99. The minimum absolute atomic E-state index is 0.836. The van der Waals surface area contributed by atoms with Gasteiger partial charge in [-0.05, 0) is 32.1 Å². The molecule has 0 spiro atoms. The second-order valence-corrected chi connectivity index (χ2v) is 4.47. The highest BCUT2D eigenvalue weighted by molar-refractivity contribution is 5.03. The van der Waals surface area contributed by atoms with Crippen LogP contribution in [0.1, 0.15) is 12.1 Å². The molecule has 0 fully saturated rings. The fourth-order valence-corrected chi connectivity index (χ4v) is 1.70. The first kappa shape index (κ1) is 15.1. The average Bonchev–Trinajstić information content (AvgIpc) is 2.41. The SMILES string of the molecule is COCCCNCCN(C)CCc1ccccn1. The van der Waals surface area contributed by atoms with Gasteiger partial charge in [0.2, 0.25) is 0 Å². The topological polar surface area (TPSA) is 37.4 Å². The van der Waals surface area contributed by atoms with E-state index in [1.807, 2.05) is 18.3 Å². The van der Waals surface area contributed by atoms with E-state index in [1.165, 1.54) is 0 Å². The van der Waals surface area contributed by atoms with Gasteiger partial charge < -0.3 is 15.0 Å². The lowest BCUT2D eigenvalue weighted by atomic mass is 10.2. The third kappa shape index (κ3) is 7.37. The van der Waals surface area contributed by atoms with Crippen molar-refractivity contribution in [1.29, 1.82) is 0 Å². The predicted molar refractivity (Wildman–Crippen MR) is 74.8 cm³/mol. The highest BCUT2D eigenvalue weighted by atomic mass is 16.5. The number of likely N-dealkylation sites (N-methyl/N-ethyl adjacent to an activating group) is 1. The van der Waals surface area contributed by atoms with E-state index in [0.717, 1.165) is 51.3 Å². The van der Waals surface area contributed by atoms with Crippen LogP contribution in [0, 0.1) is 0 Å². The van der Waals surface area contributed by atoms with Gasteiger partial charge in [0.15, 0.2) is 0 Å². The van der Waals surface area contributed by atoms with Crippen LogP contribution in [-0.4, -0.2) is 56.8 Å². The molecule has 102 valence electrons. The highest BCUT2D eigenvalue weighted by Gasteiger charge is 1.99.